The summed E-state index contributed by atoms with van der Waals surface area (Å²) < 4.78 is 6.03. The van der Waals surface area contributed by atoms with E-state index in [9.17, 15) is 0 Å². The number of hydrogen-bond acceptors (Lipinski definition) is 3. The predicted molar refractivity (Wildman–Crippen MR) is 104 cm³/mol. The van der Waals surface area contributed by atoms with Gasteiger partial charge in [0.25, 0.3) is 0 Å². The summed E-state index contributed by atoms with van der Waals surface area (Å²) in [5.41, 5.74) is 7.46. The van der Waals surface area contributed by atoms with E-state index in [4.69, 9.17) is 22.1 Å². The smallest absolute Gasteiger partial charge is 0.119 e. The maximum Gasteiger partial charge on any atom is 0.119 e. The Morgan fingerprint density at radius 2 is 1.72 bits per heavy atom. The topological polar surface area (TPSA) is 38.5 Å². The van der Waals surface area contributed by atoms with Crippen LogP contribution in [0.1, 0.15) is 24.8 Å². The van der Waals surface area contributed by atoms with Crippen LogP contribution in [-0.4, -0.2) is 30.6 Å². The number of benzene rings is 2. The summed E-state index contributed by atoms with van der Waals surface area (Å²) in [4.78, 5) is 2.46. The average molecular weight is 355 g/mol. The summed E-state index contributed by atoms with van der Waals surface area (Å²) in [6.45, 7) is 3.12. The van der Waals surface area contributed by atoms with Crippen molar-refractivity contribution in [3.05, 3.63) is 59.1 Å². The number of hydrogen-bond donors (Lipinski definition) is 1. The van der Waals surface area contributed by atoms with Crippen LogP contribution in [0.25, 0.3) is 0 Å². The van der Waals surface area contributed by atoms with Crippen LogP contribution in [0.2, 0.25) is 5.02 Å². The van der Waals surface area contributed by atoms with Crippen LogP contribution >= 0.6 is 11.6 Å². The highest BCUT2D eigenvalue weighted by molar-refractivity contribution is 6.30. The molecule has 0 bridgehead atoms. The highest BCUT2D eigenvalue weighted by atomic mass is 35.5. The normalized spacial score (nSPS) is 15.4. The van der Waals surface area contributed by atoms with Crippen molar-refractivity contribution in [2.24, 2.45) is 0 Å². The number of ether oxygens (including phenoxy) is 1. The van der Waals surface area contributed by atoms with E-state index in [1.807, 2.05) is 48.5 Å². The molecular formula is C21H23ClN2O. The molecule has 0 amide bonds. The minimum absolute atomic E-state index is 0.290. The molecular weight excluding hydrogens is 332 g/mol. The number of nitrogen functional groups attached to an aromatic ring is 1. The molecule has 1 aliphatic rings. The van der Waals surface area contributed by atoms with Crippen LogP contribution in [-0.2, 0) is 0 Å². The maximum absolute atomic E-state index is 6.03. The second kappa shape index (κ2) is 8.80. The molecule has 2 N–H and O–H groups in total. The van der Waals surface area contributed by atoms with Crippen LogP contribution in [0.4, 0.5) is 5.69 Å². The maximum atomic E-state index is 6.03. The molecule has 1 heterocycles. The Morgan fingerprint density at radius 3 is 2.40 bits per heavy atom. The van der Waals surface area contributed by atoms with E-state index in [0.717, 1.165) is 60.9 Å². The minimum atomic E-state index is 0.290. The fourth-order valence-electron chi connectivity index (χ4n) is 2.90. The van der Waals surface area contributed by atoms with E-state index in [-0.39, 0.29) is 0 Å². The lowest BCUT2D eigenvalue weighted by Gasteiger charge is -2.31. The first-order chi connectivity index (χ1) is 12.2. The third-order valence-corrected chi connectivity index (χ3v) is 4.60. The van der Waals surface area contributed by atoms with Gasteiger partial charge in [0.05, 0.1) is 0 Å². The molecule has 0 saturated carbocycles. The van der Waals surface area contributed by atoms with E-state index >= 15 is 0 Å². The third-order valence-electron chi connectivity index (χ3n) is 4.35. The lowest BCUT2D eigenvalue weighted by atomic mass is 10.1. The summed E-state index contributed by atoms with van der Waals surface area (Å²) in [6, 6.07) is 15.3. The number of nitrogens with two attached hydrogens (primary N) is 1. The molecule has 1 aliphatic heterocycles. The van der Waals surface area contributed by atoms with Crippen LogP contribution in [0.15, 0.2) is 48.5 Å². The molecule has 130 valence electrons. The van der Waals surface area contributed by atoms with Crippen molar-refractivity contribution in [3.63, 3.8) is 0 Å². The zero-order chi connectivity index (χ0) is 17.5. The quantitative estimate of drug-likeness (QED) is 0.660. The molecule has 2 aromatic rings. The molecule has 3 nitrogen and oxygen atoms in total. The number of nitrogens with zero attached hydrogens (tertiary/aromatic N) is 1. The average Bonchev–Trinajstić information content (AvgIpc) is 2.63. The highest BCUT2D eigenvalue weighted by Gasteiger charge is 2.19. The number of likely N-dealkylation sites (tertiary alicyclic amines) is 1. The van der Waals surface area contributed by atoms with Gasteiger partial charge in [-0.3, -0.25) is 0 Å². The largest absolute Gasteiger partial charge is 0.490 e. The molecule has 3 rings (SSSR count). The molecule has 1 saturated heterocycles. The fourth-order valence-corrected chi connectivity index (χ4v) is 3.03. The van der Waals surface area contributed by atoms with Gasteiger partial charge in [-0.2, -0.15) is 0 Å². The van der Waals surface area contributed by atoms with Gasteiger partial charge in [-0.15, -0.1) is 0 Å². The van der Waals surface area contributed by atoms with Gasteiger partial charge in [-0.25, -0.2) is 0 Å². The molecule has 0 atom stereocenters. The fraction of sp³-hybridized carbons (Fsp3) is 0.333. The van der Waals surface area contributed by atoms with E-state index < -0.39 is 0 Å². The molecule has 4 heteroatoms. The lowest BCUT2D eigenvalue weighted by molar-refractivity contribution is 0.102. The Morgan fingerprint density at radius 1 is 1.04 bits per heavy atom. The van der Waals surface area contributed by atoms with Gasteiger partial charge in [0.1, 0.15) is 11.9 Å². The number of rotatable bonds is 4. The zero-order valence-corrected chi connectivity index (χ0v) is 15.0. The van der Waals surface area contributed by atoms with Gasteiger partial charge in [-0.05, 0) is 61.4 Å². The van der Waals surface area contributed by atoms with Gasteiger partial charge in [0.2, 0.25) is 0 Å². The van der Waals surface area contributed by atoms with Gasteiger partial charge >= 0.3 is 0 Å². The van der Waals surface area contributed by atoms with E-state index in [2.05, 4.69) is 16.7 Å². The number of anilines is 1. The van der Waals surface area contributed by atoms with Gasteiger partial charge < -0.3 is 15.4 Å². The number of piperidine rings is 1. The van der Waals surface area contributed by atoms with Crippen molar-refractivity contribution >= 4 is 17.3 Å². The zero-order valence-electron chi connectivity index (χ0n) is 14.2. The number of halogens is 1. The Balaban J connectivity index is 1.38. The van der Waals surface area contributed by atoms with Crippen molar-refractivity contribution in [2.45, 2.75) is 25.4 Å². The minimum Gasteiger partial charge on any atom is -0.490 e. The van der Waals surface area contributed by atoms with Gasteiger partial charge in [0, 0.05) is 42.3 Å². The van der Waals surface area contributed by atoms with Crippen LogP contribution in [0, 0.1) is 11.8 Å². The lowest BCUT2D eigenvalue weighted by Crippen LogP contribution is -2.38. The van der Waals surface area contributed by atoms with Crippen molar-refractivity contribution in [1.82, 2.24) is 4.90 Å². The standard InChI is InChI=1S/C21H23ClN2O/c22-18-6-10-20(11-7-18)25-21-12-15-24(16-13-21)14-2-1-3-17-4-8-19(23)9-5-17/h4-11,21H,2,12-16,23H2. The Hall–Kier alpha value is -2.15. The van der Waals surface area contributed by atoms with E-state index in [1.54, 1.807) is 0 Å². The second-order valence-electron chi connectivity index (χ2n) is 6.29. The SMILES string of the molecule is Nc1ccc(C#CCCN2CCC(Oc3ccc(Cl)cc3)CC2)cc1. The predicted octanol–water partition coefficient (Wildman–Crippen LogP) is 4.21. The summed E-state index contributed by atoms with van der Waals surface area (Å²) in [5.74, 6) is 7.34. The Labute approximate surface area is 154 Å². The first-order valence-electron chi connectivity index (χ1n) is 8.68. The summed E-state index contributed by atoms with van der Waals surface area (Å²) >= 11 is 5.90. The van der Waals surface area contributed by atoms with Gasteiger partial charge in [-0.1, -0.05) is 23.4 Å². The third kappa shape index (κ3) is 5.70. The molecule has 0 unspecified atom stereocenters. The first kappa shape index (κ1) is 17.7. The van der Waals surface area contributed by atoms with Crippen molar-refractivity contribution < 1.29 is 4.74 Å². The molecule has 2 aromatic carbocycles. The molecule has 25 heavy (non-hydrogen) atoms. The van der Waals surface area contributed by atoms with E-state index in [1.165, 1.54) is 0 Å². The Bertz CT molecular complexity index is 723. The molecule has 0 spiro atoms. The monoisotopic (exact) mass is 354 g/mol. The molecule has 0 radical (unpaired) electrons. The molecule has 1 fully saturated rings. The first-order valence-corrected chi connectivity index (χ1v) is 9.06. The molecule has 0 aromatic heterocycles. The van der Waals surface area contributed by atoms with Crippen molar-refractivity contribution in [3.8, 4) is 17.6 Å². The van der Waals surface area contributed by atoms with E-state index in [0.29, 0.717) is 6.10 Å². The van der Waals surface area contributed by atoms with Crippen molar-refractivity contribution in [2.75, 3.05) is 25.4 Å². The Kier molecular flexibility index (Phi) is 6.22. The van der Waals surface area contributed by atoms with Crippen LogP contribution in [0.5, 0.6) is 5.75 Å². The molecule has 0 aliphatic carbocycles. The second-order valence-corrected chi connectivity index (χ2v) is 6.72. The summed E-state index contributed by atoms with van der Waals surface area (Å²) in [7, 11) is 0. The van der Waals surface area contributed by atoms with Crippen molar-refractivity contribution in [1.29, 1.82) is 0 Å². The summed E-state index contributed by atoms with van der Waals surface area (Å²) in [6.07, 6.45) is 3.27. The highest BCUT2D eigenvalue weighted by Crippen LogP contribution is 2.21. The van der Waals surface area contributed by atoms with Crippen LogP contribution < -0.4 is 10.5 Å². The summed E-state index contributed by atoms with van der Waals surface area (Å²) in [5, 5.41) is 0.738. The van der Waals surface area contributed by atoms with Gasteiger partial charge in [0.15, 0.2) is 0 Å². The van der Waals surface area contributed by atoms with Crippen LogP contribution in [0.3, 0.4) is 0 Å².